The van der Waals surface area contributed by atoms with E-state index in [4.69, 9.17) is 4.74 Å². The third-order valence-electron chi connectivity index (χ3n) is 4.70. The number of ether oxygens (including phenoxy) is 2. The lowest BCUT2D eigenvalue weighted by Crippen LogP contribution is -2.34. The number of H-pyrrole nitrogens is 1. The molecule has 1 aliphatic carbocycles. The molecule has 2 aliphatic rings. The van der Waals surface area contributed by atoms with Crippen LogP contribution in [0.25, 0.3) is 5.52 Å². The summed E-state index contributed by atoms with van der Waals surface area (Å²) in [6.45, 7) is 5.20. The van der Waals surface area contributed by atoms with Crippen LogP contribution in [-0.2, 0) is 9.47 Å². The number of carbonyl (C=O) groups is 1. The zero-order valence-electron chi connectivity index (χ0n) is 18.0. The molecule has 3 N–H and O–H groups in total. The normalized spacial score (nSPS) is 18.1. The zero-order chi connectivity index (χ0) is 23.0. The summed E-state index contributed by atoms with van der Waals surface area (Å²) in [5.74, 6) is 1.52. The van der Waals surface area contributed by atoms with Gasteiger partial charge in [-0.25, -0.2) is 18.7 Å². The molecule has 0 bridgehead atoms. The molecule has 0 radical (unpaired) electrons. The maximum atomic E-state index is 11.8. The highest BCUT2D eigenvalue weighted by Gasteiger charge is 2.39. The van der Waals surface area contributed by atoms with Crippen molar-refractivity contribution < 1.29 is 18.7 Å². The van der Waals surface area contributed by atoms with Crippen molar-refractivity contribution >= 4 is 39.2 Å². The Morgan fingerprint density at radius 1 is 1.44 bits per heavy atom. The Hall–Kier alpha value is -2.73. The van der Waals surface area contributed by atoms with Crippen molar-refractivity contribution in [1.29, 1.82) is 0 Å². The van der Waals surface area contributed by atoms with E-state index < -0.39 is 6.17 Å². The molecule has 5 rings (SSSR count). The quantitative estimate of drug-likeness (QED) is 0.484. The Kier molecular flexibility index (Phi) is 8.39. The largest absolute Gasteiger partial charge is 0.450 e. The molecular weight excluding hydrogens is 485 g/mol. The molecule has 2 fully saturated rings. The van der Waals surface area contributed by atoms with Crippen LogP contribution in [0.15, 0.2) is 35.3 Å². The first-order valence-corrected chi connectivity index (χ1v) is 11.1. The van der Waals surface area contributed by atoms with E-state index in [1.165, 1.54) is 0 Å². The van der Waals surface area contributed by atoms with E-state index in [1.807, 2.05) is 19.1 Å². The fraction of sp³-hybridized carbons (Fsp3) is 0.500. The number of hydrogen-bond acceptors (Lipinski definition) is 7. The van der Waals surface area contributed by atoms with Crippen LogP contribution in [0.1, 0.15) is 33.1 Å². The highest BCUT2D eigenvalue weighted by molar-refractivity contribution is 9.10. The van der Waals surface area contributed by atoms with Crippen LogP contribution in [0.2, 0.25) is 0 Å². The number of hydrogen-bond donors (Lipinski definition) is 3. The van der Waals surface area contributed by atoms with E-state index in [9.17, 15) is 9.18 Å². The molecule has 3 aromatic rings. The molecule has 10 nitrogen and oxygen atoms in total. The Bertz CT molecular complexity index is 988. The van der Waals surface area contributed by atoms with Crippen LogP contribution in [0.4, 0.5) is 20.8 Å². The molecular formula is C20H27BrFN7O3. The second kappa shape index (κ2) is 11.2. The van der Waals surface area contributed by atoms with Gasteiger partial charge in [-0.3, -0.25) is 5.10 Å². The van der Waals surface area contributed by atoms with Gasteiger partial charge in [0.1, 0.15) is 22.1 Å². The van der Waals surface area contributed by atoms with Crippen molar-refractivity contribution in [3.05, 3.63) is 35.3 Å². The topological polar surface area (TPSA) is 118 Å². The van der Waals surface area contributed by atoms with Gasteiger partial charge in [-0.15, -0.1) is 0 Å². The highest BCUT2D eigenvalue weighted by atomic mass is 79.9. The Balaban J connectivity index is 0.000000154. The van der Waals surface area contributed by atoms with Crippen molar-refractivity contribution in [2.24, 2.45) is 0 Å². The van der Waals surface area contributed by atoms with Crippen LogP contribution in [-0.4, -0.2) is 62.4 Å². The summed E-state index contributed by atoms with van der Waals surface area (Å²) < 4.78 is 23.8. The second-order valence-corrected chi connectivity index (χ2v) is 8.33. The maximum absolute atomic E-state index is 11.8. The molecule has 1 saturated heterocycles. The van der Waals surface area contributed by atoms with E-state index in [2.05, 4.69) is 51.6 Å². The van der Waals surface area contributed by atoms with E-state index in [0.717, 1.165) is 34.6 Å². The average Bonchev–Trinajstić information content (AvgIpc) is 3.26. The molecule has 1 amide bonds. The van der Waals surface area contributed by atoms with Crippen molar-refractivity contribution in [1.82, 2.24) is 30.1 Å². The summed E-state index contributed by atoms with van der Waals surface area (Å²) in [4.78, 5) is 15.1. The summed E-state index contributed by atoms with van der Waals surface area (Å²) in [5, 5.41) is 16.7. The molecule has 1 saturated carbocycles. The predicted molar refractivity (Wildman–Crippen MR) is 121 cm³/mol. The van der Waals surface area contributed by atoms with E-state index >= 15 is 0 Å². The van der Waals surface area contributed by atoms with Gasteiger partial charge in [-0.05, 0) is 48.7 Å². The smallest absolute Gasteiger partial charge is 0.407 e. The fourth-order valence-corrected chi connectivity index (χ4v) is 3.06. The number of alkyl carbamates (subject to hydrolysis) is 1. The van der Waals surface area contributed by atoms with Gasteiger partial charge in [0.2, 0.25) is 0 Å². The number of aromatic nitrogens is 5. The first-order chi connectivity index (χ1) is 15.4. The Morgan fingerprint density at radius 3 is 2.81 bits per heavy atom. The van der Waals surface area contributed by atoms with Gasteiger partial charge in [0, 0.05) is 24.6 Å². The van der Waals surface area contributed by atoms with Crippen LogP contribution < -0.4 is 10.6 Å². The molecule has 1 atom stereocenters. The van der Waals surface area contributed by atoms with Crippen LogP contribution in [0.5, 0.6) is 0 Å². The second-order valence-electron chi connectivity index (χ2n) is 7.52. The number of alkyl halides is 1. The number of aromatic amines is 1. The van der Waals surface area contributed by atoms with Crippen molar-refractivity contribution in [2.75, 3.05) is 25.1 Å². The molecule has 1 unspecified atom stereocenters. The van der Waals surface area contributed by atoms with Crippen molar-refractivity contribution in [2.45, 2.75) is 44.8 Å². The van der Waals surface area contributed by atoms with E-state index in [0.29, 0.717) is 26.2 Å². The minimum Gasteiger partial charge on any atom is -0.450 e. The first kappa shape index (κ1) is 23.9. The summed E-state index contributed by atoms with van der Waals surface area (Å²) in [5.41, 5.74) is 0.940. The molecule has 0 aromatic carbocycles. The third kappa shape index (κ3) is 7.16. The number of rotatable bonds is 4. The molecule has 3 aromatic heterocycles. The third-order valence-corrected chi connectivity index (χ3v) is 5.24. The van der Waals surface area contributed by atoms with Crippen LogP contribution in [0, 0.1) is 0 Å². The molecule has 4 heterocycles. The van der Waals surface area contributed by atoms with Gasteiger partial charge in [-0.2, -0.15) is 10.2 Å². The summed E-state index contributed by atoms with van der Waals surface area (Å²) in [6.07, 6.45) is 6.87. The lowest BCUT2D eigenvalue weighted by molar-refractivity contribution is 0.147. The standard InChI is InChI=1S/C9H7BrN6.C7H13NO2.C4H7FO/c10-7-5-11-9(6-1-4-13-16(6)7)14-8-2-3-12-15-8;1-3-10-6(9)8-7(2)4-5-7;5-4-1-2-6-3-4/h1-5H,(H2,11,12,14,15);3-5H2,1-2H3,(H,8,9);4H,1-3H2. The maximum Gasteiger partial charge on any atom is 0.407 e. The number of fused-ring (bicyclic) bond motifs is 1. The lowest BCUT2D eigenvalue weighted by atomic mass is 10.3. The summed E-state index contributed by atoms with van der Waals surface area (Å²) in [6, 6.07) is 3.72. The van der Waals surface area contributed by atoms with E-state index in [-0.39, 0.29) is 11.6 Å². The number of nitrogens with one attached hydrogen (secondary N) is 3. The van der Waals surface area contributed by atoms with Crippen LogP contribution in [0.3, 0.4) is 0 Å². The zero-order valence-corrected chi connectivity index (χ0v) is 19.6. The first-order valence-electron chi connectivity index (χ1n) is 10.3. The molecule has 12 heteroatoms. The Morgan fingerprint density at radius 2 is 2.25 bits per heavy atom. The number of carbonyl (C=O) groups excluding carboxylic acids is 1. The van der Waals surface area contributed by atoms with Gasteiger partial charge in [0.15, 0.2) is 5.82 Å². The summed E-state index contributed by atoms with van der Waals surface area (Å²) >= 11 is 3.38. The lowest BCUT2D eigenvalue weighted by Gasteiger charge is -2.09. The number of anilines is 2. The number of halogens is 2. The fourth-order valence-electron chi connectivity index (χ4n) is 2.67. The molecule has 174 valence electrons. The molecule has 32 heavy (non-hydrogen) atoms. The van der Waals surface area contributed by atoms with Crippen molar-refractivity contribution in [3.8, 4) is 0 Å². The van der Waals surface area contributed by atoms with Crippen LogP contribution >= 0.6 is 15.9 Å². The van der Waals surface area contributed by atoms with Gasteiger partial charge >= 0.3 is 6.09 Å². The van der Waals surface area contributed by atoms with Gasteiger partial charge in [-0.1, -0.05) is 0 Å². The highest BCUT2D eigenvalue weighted by Crippen LogP contribution is 2.34. The van der Waals surface area contributed by atoms with Gasteiger partial charge in [0.25, 0.3) is 0 Å². The van der Waals surface area contributed by atoms with Gasteiger partial charge < -0.3 is 20.1 Å². The Labute approximate surface area is 193 Å². The van der Waals surface area contributed by atoms with E-state index in [1.54, 1.807) is 30.0 Å². The predicted octanol–water partition coefficient (Wildman–Crippen LogP) is 3.99. The average molecular weight is 512 g/mol. The monoisotopic (exact) mass is 511 g/mol. The summed E-state index contributed by atoms with van der Waals surface area (Å²) in [7, 11) is 0. The van der Waals surface area contributed by atoms with Gasteiger partial charge in [0.05, 0.1) is 31.8 Å². The molecule has 0 spiro atoms. The SMILES string of the molecule is Brc1cnc(Nc2ccn[nH]2)c2ccnn12.CCOC(=O)NC1(C)CC1.FC1CCOC1. The van der Waals surface area contributed by atoms with Crippen molar-refractivity contribution in [3.63, 3.8) is 0 Å². The minimum atomic E-state index is -0.676. The minimum absolute atomic E-state index is 0.0479. The number of amides is 1. The molecule has 1 aliphatic heterocycles. The number of nitrogens with zero attached hydrogens (tertiary/aromatic N) is 4.